The molecule has 0 aromatic heterocycles. The van der Waals surface area contributed by atoms with E-state index < -0.39 is 30.2 Å². The molecule has 0 spiro atoms. The minimum Gasteiger partial charge on any atom is -0.452 e. The van der Waals surface area contributed by atoms with Crippen molar-refractivity contribution in [2.24, 2.45) is 0 Å². The van der Waals surface area contributed by atoms with Crippen LogP contribution in [0.25, 0.3) is 0 Å². The number of carbonyl (C=O) groups is 2. The van der Waals surface area contributed by atoms with E-state index in [-0.39, 0.29) is 17.9 Å². The van der Waals surface area contributed by atoms with Gasteiger partial charge in [-0.15, -0.1) is 0 Å². The molecule has 0 radical (unpaired) electrons. The van der Waals surface area contributed by atoms with Gasteiger partial charge in [0.1, 0.15) is 5.82 Å². The molecular formula is C18H15F4NO3. The largest absolute Gasteiger partial charge is 0.452 e. The minimum absolute atomic E-state index is 0.242. The molecule has 0 aliphatic heterocycles. The van der Waals surface area contributed by atoms with E-state index >= 15 is 0 Å². The van der Waals surface area contributed by atoms with Crippen LogP contribution in [0, 0.1) is 5.82 Å². The summed E-state index contributed by atoms with van der Waals surface area (Å²) in [5.74, 6) is -1.98. The van der Waals surface area contributed by atoms with Crippen LogP contribution in [0.4, 0.5) is 17.6 Å². The Bertz CT molecular complexity index is 773. The monoisotopic (exact) mass is 369 g/mol. The second kappa shape index (κ2) is 8.46. The van der Waals surface area contributed by atoms with Crippen molar-refractivity contribution in [1.82, 2.24) is 5.32 Å². The molecule has 0 fully saturated rings. The quantitative estimate of drug-likeness (QED) is 0.628. The van der Waals surface area contributed by atoms with Crippen molar-refractivity contribution in [3.05, 3.63) is 71.0 Å². The van der Waals surface area contributed by atoms with Crippen LogP contribution in [0.1, 0.15) is 21.5 Å². The first-order valence-electron chi connectivity index (χ1n) is 7.61. The number of hydrogen-bond donors (Lipinski definition) is 1. The van der Waals surface area contributed by atoms with Gasteiger partial charge >= 0.3 is 12.1 Å². The van der Waals surface area contributed by atoms with Crippen LogP contribution >= 0.6 is 0 Å². The van der Waals surface area contributed by atoms with Gasteiger partial charge in [-0.05, 0) is 42.3 Å². The van der Waals surface area contributed by atoms with Gasteiger partial charge < -0.3 is 10.1 Å². The minimum atomic E-state index is -4.58. The highest BCUT2D eigenvalue weighted by Crippen LogP contribution is 2.29. The van der Waals surface area contributed by atoms with E-state index in [0.29, 0.717) is 12.5 Å². The van der Waals surface area contributed by atoms with Gasteiger partial charge in [0.15, 0.2) is 6.61 Å². The van der Waals surface area contributed by atoms with E-state index in [4.69, 9.17) is 4.74 Å². The Morgan fingerprint density at radius 2 is 1.73 bits per heavy atom. The average molecular weight is 369 g/mol. The van der Waals surface area contributed by atoms with Gasteiger partial charge in [-0.3, -0.25) is 4.79 Å². The van der Waals surface area contributed by atoms with Crippen LogP contribution in [0.15, 0.2) is 48.5 Å². The highest BCUT2D eigenvalue weighted by Gasteiger charge is 2.31. The highest BCUT2D eigenvalue weighted by molar-refractivity contribution is 5.91. The van der Waals surface area contributed by atoms with Gasteiger partial charge in [0.25, 0.3) is 5.91 Å². The molecule has 2 rings (SSSR count). The molecule has 0 unspecified atom stereocenters. The molecule has 4 nitrogen and oxygen atoms in total. The van der Waals surface area contributed by atoms with Gasteiger partial charge in [-0.25, -0.2) is 9.18 Å². The van der Waals surface area contributed by atoms with Crippen molar-refractivity contribution in [2.45, 2.75) is 12.6 Å². The lowest BCUT2D eigenvalue weighted by atomic mass is 10.1. The first-order chi connectivity index (χ1) is 12.3. The second-order valence-electron chi connectivity index (χ2n) is 5.38. The van der Waals surface area contributed by atoms with E-state index in [1.54, 1.807) is 12.1 Å². The molecule has 1 N–H and O–H groups in total. The third-order valence-electron chi connectivity index (χ3n) is 3.41. The molecule has 26 heavy (non-hydrogen) atoms. The number of esters is 1. The molecule has 0 saturated carbocycles. The van der Waals surface area contributed by atoms with Crippen molar-refractivity contribution < 1.29 is 31.9 Å². The topological polar surface area (TPSA) is 55.4 Å². The summed E-state index contributed by atoms with van der Waals surface area (Å²) in [5.41, 5.74) is -0.456. The van der Waals surface area contributed by atoms with Gasteiger partial charge in [0, 0.05) is 6.54 Å². The summed E-state index contributed by atoms with van der Waals surface area (Å²) in [6, 6.07) is 9.51. The van der Waals surface area contributed by atoms with E-state index in [1.807, 2.05) is 0 Å². The summed E-state index contributed by atoms with van der Waals surface area (Å²) < 4.78 is 55.3. The number of hydrogen-bond acceptors (Lipinski definition) is 3. The van der Waals surface area contributed by atoms with Crippen LogP contribution in [-0.2, 0) is 22.1 Å². The maximum atomic E-state index is 12.8. The second-order valence-corrected chi connectivity index (χ2v) is 5.38. The van der Waals surface area contributed by atoms with Crippen LogP contribution < -0.4 is 5.32 Å². The standard InChI is InChI=1S/C18H15F4NO3/c19-15-6-4-12(5-7-15)8-9-23-16(24)11-26-17(25)13-2-1-3-14(10-13)18(20,21)22/h1-7,10H,8-9,11H2,(H,23,24). The predicted molar refractivity (Wildman–Crippen MR) is 84.8 cm³/mol. The fourth-order valence-corrected chi connectivity index (χ4v) is 2.09. The average Bonchev–Trinajstić information content (AvgIpc) is 2.61. The van der Waals surface area contributed by atoms with Crippen LogP contribution in [-0.4, -0.2) is 25.0 Å². The molecule has 1 amide bonds. The number of carbonyl (C=O) groups excluding carboxylic acids is 2. The summed E-state index contributed by atoms with van der Waals surface area (Å²) >= 11 is 0. The number of benzene rings is 2. The molecule has 2 aromatic rings. The fraction of sp³-hybridized carbons (Fsp3) is 0.222. The third kappa shape index (κ3) is 5.87. The molecule has 0 atom stereocenters. The van der Waals surface area contributed by atoms with Gasteiger partial charge in [-0.2, -0.15) is 13.2 Å². The first-order valence-corrected chi connectivity index (χ1v) is 7.61. The number of amides is 1. The maximum absolute atomic E-state index is 12.8. The first kappa shape index (κ1) is 19.4. The molecule has 0 heterocycles. The number of nitrogens with one attached hydrogen (secondary N) is 1. The van der Waals surface area contributed by atoms with Gasteiger partial charge in [0.2, 0.25) is 0 Å². The Morgan fingerprint density at radius 3 is 2.38 bits per heavy atom. The van der Waals surface area contributed by atoms with E-state index in [2.05, 4.69) is 5.32 Å². The van der Waals surface area contributed by atoms with Crippen molar-refractivity contribution in [3.63, 3.8) is 0 Å². The van der Waals surface area contributed by atoms with Crippen molar-refractivity contribution >= 4 is 11.9 Å². The molecule has 138 valence electrons. The molecule has 2 aromatic carbocycles. The van der Waals surface area contributed by atoms with Gasteiger partial charge in [0.05, 0.1) is 11.1 Å². The Balaban J connectivity index is 1.78. The van der Waals surface area contributed by atoms with Gasteiger partial charge in [-0.1, -0.05) is 18.2 Å². The van der Waals surface area contributed by atoms with E-state index in [1.165, 1.54) is 18.2 Å². The number of ether oxygens (including phenoxy) is 1. The predicted octanol–water partition coefficient (Wildman–Crippen LogP) is 3.36. The number of halogens is 4. The summed E-state index contributed by atoms with van der Waals surface area (Å²) in [5, 5.41) is 2.50. The molecule has 0 aliphatic carbocycles. The molecule has 0 bridgehead atoms. The van der Waals surface area contributed by atoms with Crippen molar-refractivity contribution in [2.75, 3.05) is 13.2 Å². The zero-order chi connectivity index (χ0) is 19.2. The number of rotatable bonds is 6. The molecular weight excluding hydrogens is 354 g/mol. The molecule has 0 saturated heterocycles. The Kier molecular flexibility index (Phi) is 6.32. The summed E-state index contributed by atoms with van der Waals surface area (Å²) in [6.07, 6.45) is -4.12. The van der Waals surface area contributed by atoms with Crippen molar-refractivity contribution in [3.8, 4) is 0 Å². The maximum Gasteiger partial charge on any atom is 0.416 e. The smallest absolute Gasteiger partial charge is 0.416 e. The lowest BCUT2D eigenvalue weighted by molar-refractivity contribution is -0.137. The summed E-state index contributed by atoms with van der Waals surface area (Å²) in [4.78, 5) is 23.4. The lowest BCUT2D eigenvalue weighted by Gasteiger charge is -2.09. The summed E-state index contributed by atoms with van der Waals surface area (Å²) in [7, 11) is 0. The zero-order valence-corrected chi connectivity index (χ0v) is 13.5. The van der Waals surface area contributed by atoms with Crippen LogP contribution in [0.5, 0.6) is 0 Å². The highest BCUT2D eigenvalue weighted by atomic mass is 19.4. The van der Waals surface area contributed by atoms with E-state index in [9.17, 15) is 27.2 Å². The fourth-order valence-electron chi connectivity index (χ4n) is 2.09. The SMILES string of the molecule is O=C(COC(=O)c1cccc(C(F)(F)F)c1)NCCc1ccc(F)cc1. The van der Waals surface area contributed by atoms with Crippen molar-refractivity contribution in [1.29, 1.82) is 0 Å². The Hall–Kier alpha value is -2.90. The molecule has 8 heteroatoms. The molecule has 0 aliphatic rings. The number of alkyl halides is 3. The Morgan fingerprint density at radius 1 is 1.04 bits per heavy atom. The normalized spacial score (nSPS) is 11.1. The third-order valence-corrected chi connectivity index (χ3v) is 3.41. The summed E-state index contributed by atoms with van der Waals surface area (Å²) in [6.45, 7) is -0.371. The lowest BCUT2D eigenvalue weighted by Crippen LogP contribution is -2.30. The van der Waals surface area contributed by atoms with Crippen LogP contribution in [0.2, 0.25) is 0 Å². The Labute approximate surface area is 146 Å². The zero-order valence-electron chi connectivity index (χ0n) is 13.5. The van der Waals surface area contributed by atoms with Crippen LogP contribution in [0.3, 0.4) is 0 Å². The van der Waals surface area contributed by atoms with E-state index in [0.717, 1.165) is 17.7 Å².